The molecule has 2 N–H and O–H groups in total. The average molecular weight is 253 g/mol. The lowest BCUT2D eigenvalue weighted by molar-refractivity contribution is -0.127. The molecule has 6 nitrogen and oxygen atoms in total. The van der Waals surface area contributed by atoms with Crippen molar-refractivity contribution in [3.63, 3.8) is 0 Å². The SMILES string of the molecule is Cc1nc(C)c(C(=O)C2=NOC(C(N)=O)C2)s1. The van der Waals surface area contributed by atoms with E-state index >= 15 is 0 Å². The van der Waals surface area contributed by atoms with Crippen molar-refractivity contribution >= 4 is 28.7 Å². The zero-order valence-electron chi connectivity index (χ0n) is 9.39. The molecule has 1 amide bonds. The summed E-state index contributed by atoms with van der Waals surface area (Å²) >= 11 is 1.31. The molecule has 0 saturated carbocycles. The number of thiazole rings is 1. The monoisotopic (exact) mass is 253 g/mol. The molecule has 0 radical (unpaired) electrons. The van der Waals surface area contributed by atoms with Crippen LogP contribution in [0.5, 0.6) is 0 Å². The van der Waals surface area contributed by atoms with Gasteiger partial charge in [0.25, 0.3) is 5.91 Å². The first kappa shape index (κ1) is 11.7. The molecule has 0 saturated heterocycles. The molecule has 0 fully saturated rings. The molecule has 7 heteroatoms. The number of Topliss-reactive ketones (excluding diaryl/α,β-unsaturated/α-hetero) is 1. The summed E-state index contributed by atoms with van der Waals surface area (Å²) in [7, 11) is 0. The molecule has 1 aliphatic rings. The van der Waals surface area contributed by atoms with Crippen LogP contribution < -0.4 is 5.73 Å². The van der Waals surface area contributed by atoms with E-state index in [1.165, 1.54) is 11.3 Å². The maximum Gasteiger partial charge on any atom is 0.261 e. The molecule has 1 atom stereocenters. The molecule has 0 spiro atoms. The number of aryl methyl sites for hydroxylation is 2. The molecule has 0 aromatic carbocycles. The summed E-state index contributed by atoms with van der Waals surface area (Å²) in [5, 5.41) is 4.43. The first-order valence-corrected chi connectivity index (χ1v) is 5.81. The van der Waals surface area contributed by atoms with Gasteiger partial charge >= 0.3 is 0 Å². The lowest BCUT2D eigenvalue weighted by atomic mass is 10.1. The molecule has 0 aliphatic carbocycles. The van der Waals surface area contributed by atoms with Gasteiger partial charge < -0.3 is 10.6 Å². The van der Waals surface area contributed by atoms with Crippen LogP contribution in [0.4, 0.5) is 0 Å². The summed E-state index contributed by atoms with van der Waals surface area (Å²) in [6.07, 6.45) is -0.701. The van der Waals surface area contributed by atoms with Crippen molar-refractivity contribution in [1.29, 1.82) is 0 Å². The Bertz CT molecular complexity index is 521. The van der Waals surface area contributed by atoms with E-state index in [2.05, 4.69) is 10.1 Å². The third kappa shape index (κ3) is 2.19. The number of hydrogen-bond acceptors (Lipinski definition) is 6. The van der Waals surface area contributed by atoms with E-state index in [9.17, 15) is 9.59 Å². The number of nitrogens with two attached hydrogens (primary N) is 1. The van der Waals surface area contributed by atoms with Gasteiger partial charge in [0, 0.05) is 6.42 Å². The second-order valence-electron chi connectivity index (χ2n) is 3.72. The Hall–Kier alpha value is -1.76. The summed E-state index contributed by atoms with van der Waals surface area (Å²) < 4.78 is 0. The van der Waals surface area contributed by atoms with Crippen molar-refractivity contribution in [2.75, 3.05) is 0 Å². The number of ketones is 1. The fourth-order valence-electron chi connectivity index (χ4n) is 1.54. The van der Waals surface area contributed by atoms with Crippen LogP contribution >= 0.6 is 11.3 Å². The fraction of sp³-hybridized carbons (Fsp3) is 0.400. The van der Waals surface area contributed by atoms with Gasteiger partial charge in [0.1, 0.15) is 5.71 Å². The number of carbonyl (C=O) groups is 2. The highest BCUT2D eigenvalue weighted by Gasteiger charge is 2.31. The number of nitrogens with zero attached hydrogens (tertiary/aromatic N) is 2. The zero-order chi connectivity index (χ0) is 12.6. The van der Waals surface area contributed by atoms with Gasteiger partial charge in [0.05, 0.1) is 15.6 Å². The van der Waals surface area contributed by atoms with E-state index in [0.29, 0.717) is 10.6 Å². The molecular formula is C10H11N3O3S. The molecule has 1 unspecified atom stereocenters. The van der Waals surface area contributed by atoms with Gasteiger partial charge in [-0.15, -0.1) is 11.3 Å². The van der Waals surface area contributed by atoms with Crippen LogP contribution in [0.1, 0.15) is 26.8 Å². The Labute approximate surface area is 101 Å². The Kier molecular flexibility index (Phi) is 2.93. The van der Waals surface area contributed by atoms with E-state index in [-0.39, 0.29) is 17.9 Å². The maximum absolute atomic E-state index is 12.1. The van der Waals surface area contributed by atoms with Crippen molar-refractivity contribution < 1.29 is 14.4 Å². The topological polar surface area (TPSA) is 94.6 Å². The van der Waals surface area contributed by atoms with Crippen LogP contribution in [0.3, 0.4) is 0 Å². The van der Waals surface area contributed by atoms with Gasteiger partial charge in [-0.25, -0.2) is 4.98 Å². The number of rotatable bonds is 3. The van der Waals surface area contributed by atoms with Gasteiger partial charge in [0.2, 0.25) is 11.9 Å². The van der Waals surface area contributed by atoms with Crippen molar-refractivity contribution in [3.05, 3.63) is 15.6 Å². The molecule has 17 heavy (non-hydrogen) atoms. The lowest BCUT2D eigenvalue weighted by Crippen LogP contribution is -2.29. The second kappa shape index (κ2) is 4.25. The smallest absolute Gasteiger partial charge is 0.261 e. The van der Waals surface area contributed by atoms with Crippen molar-refractivity contribution in [3.8, 4) is 0 Å². The minimum Gasteiger partial charge on any atom is -0.382 e. The predicted octanol–water partition coefficient (Wildman–Crippen LogP) is 0.573. The summed E-state index contributed by atoms with van der Waals surface area (Å²) in [5.74, 6) is -0.856. The zero-order valence-corrected chi connectivity index (χ0v) is 10.2. The van der Waals surface area contributed by atoms with E-state index in [4.69, 9.17) is 10.6 Å². The Morgan fingerprint density at radius 1 is 1.47 bits per heavy atom. The molecule has 2 heterocycles. The number of aromatic nitrogens is 1. The third-order valence-electron chi connectivity index (χ3n) is 2.36. The van der Waals surface area contributed by atoms with E-state index < -0.39 is 12.0 Å². The number of oxime groups is 1. The Morgan fingerprint density at radius 3 is 2.65 bits per heavy atom. The maximum atomic E-state index is 12.1. The van der Waals surface area contributed by atoms with Crippen LogP contribution in [0.25, 0.3) is 0 Å². The number of amides is 1. The van der Waals surface area contributed by atoms with Crippen LogP contribution in [-0.2, 0) is 9.63 Å². The molecule has 1 aromatic rings. The number of carbonyl (C=O) groups excluding carboxylic acids is 2. The molecule has 1 aromatic heterocycles. The van der Waals surface area contributed by atoms with Crippen molar-refractivity contribution in [2.45, 2.75) is 26.4 Å². The van der Waals surface area contributed by atoms with Crippen LogP contribution in [-0.4, -0.2) is 28.5 Å². The van der Waals surface area contributed by atoms with Gasteiger partial charge in [-0.3, -0.25) is 9.59 Å². The molecule has 1 aliphatic heterocycles. The largest absolute Gasteiger partial charge is 0.382 e. The summed E-state index contributed by atoms with van der Waals surface area (Å²) in [4.78, 5) is 32.4. The molecule has 90 valence electrons. The molecule has 0 bridgehead atoms. The number of hydrogen-bond donors (Lipinski definition) is 1. The van der Waals surface area contributed by atoms with E-state index in [1.807, 2.05) is 6.92 Å². The summed E-state index contributed by atoms with van der Waals surface area (Å²) in [6.45, 7) is 3.59. The summed E-state index contributed by atoms with van der Waals surface area (Å²) in [5.41, 5.74) is 5.97. The Balaban J connectivity index is 2.18. The fourth-order valence-corrected chi connectivity index (χ4v) is 2.42. The van der Waals surface area contributed by atoms with Crippen molar-refractivity contribution in [2.24, 2.45) is 10.9 Å². The van der Waals surface area contributed by atoms with Crippen LogP contribution in [0.2, 0.25) is 0 Å². The minimum absolute atomic E-state index is 0.130. The highest BCUT2D eigenvalue weighted by molar-refractivity contribution is 7.14. The van der Waals surface area contributed by atoms with E-state index in [1.54, 1.807) is 6.92 Å². The second-order valence-corrected chi connectivity index (χ2v) is 4.92. The molecule has 2 rings (SSSR count). The summed E-state index contributed by atoms with van der Waals surface area (Å²) in [6, 6.07) is 0. The highest BCUT2D eigenvalue weighted by atomic mass is 32.1. The van der Waals surface area contributed by atoms with Crippen LogP contribution in [0, 0.1) is 13.8 Å². The van der Waals surface area contributed by atoms with Crippen molar-refractivity contribution in [1.82, 2.24) is 4.98 Å². The molecular weight excluding hydrogens is 242 g/mol. The standard InChI is InChI=1S/C10H11N3O3S/c1-4-9(17-5(2)12-4)8(14)6-3-7(10(11)15)16-13-6/h7H,3H2,1-2H3,(H2,11,15). The quantitative estimate of drug-likeness (QED) is 0.797. The predicted molar refractivity (Wildman–Crippen MR) is 62.0 cm³/mol. The van der Waals surface area contributed by atoms with Gasteiger partial charge in [-0.1, -0.05) is 5.16 Å². The van der Waals surface area contributed by atoms with Gasteiger partial charge in [-0.2, -0.15) is 0 Å². The average Bonchev–Trinajstić information content (AvgIpc) is 2.84. The number of primary amides is 1. The van der Waals surface area contributed by atoms with E-state index in [0.717, 1.165) is 5.01 Å². The van der Waals surface area contributed by atoms with Gasteiger partial charge in [0.15, 0.2) is 0 Å². The lowest BCUT2D eigenvalue weighted by Gasteiger charge is -2.00. The Morgan fingerprint density at radius 2 is 2.18 bits per heavy atom. The third-order valence-corrected chi connectivity index (χ3v) is 3.43. The first-order valence-electron chi connectivity index (χ1n) is 4.99. The van der Waals surface area contributed by atoms with Crippen LogP contribution in [0.15, 0.2) is 5.16 Å². The normalized spacial score (nSPS) is 18.7. The highest BCUT2D eigenvalue weighted by Crippen LogP contribution is 2.21. The van der Waals surface area contributed by atoms with Gasteiger partial charge in [-0.05, 0) is 13.8 Å². The first-order chi connectivity index (χ1) is 7.99. The minimum atomic E-state index is -0.830.